The predicted octanol–water partition coefficient (Wildman–Crippen LogP) is 5.47. The first-order chi connectivity index (χ1) is 14.6. The van der Waals surface area contributed by atoms with Crippen LogP contribution < -0.4 is 14.5 Å². The smallest absolute Gasteiger partial charge is 0.268 e. The molecule has 2 aliphatic heterocycles. The molecule has 4 heteroatoms. The Hall–Kier alpha value is -2.49. The van der Waals surface area contributed by atoms with Crippen LogP contribution in [0.15, 0.2) is 42.5 Å². The van der Waals surface area contributed by atoms with Crippen molar-refractivity contribution >= 4 is 17.3 Å². The summed E-state index contributed by atoms with van der Waals surface area (Å²) in [4.78, 5) is 17.5. The zero-order chi connectivity index (χ0) is 20.7. The van der Waals surface area contributed by atoms with Gasteiger partial charge in [-0.3, -0.25) is 4.79 Å². The van der Waals surface area contributed by atoms with Crippen molar-refractivity contribution in [1.82, 2.24) is 0 Å². The van der Waals surface area contributed by atoms with Gasteiger partial charge in [0, 0.05) is 37.4 Å². The number of hydrogen-bond donors (Lipinski definition) is 0. The van der Waals surface area contributed by atoms with Gasteiger partial charge in [-0.25, -0.2) is 0 Å². The lowest BCUT2D eigenvalue weighted by molar-refractivity contribution is -0.122. The first kappa shape index (κ1) is 19.5. The summed E-state index contributed by atoms with van der Waals surface area (Å²) >= 11 is 0. The van der Waals surface area contributed by atoms with E-state index < -0.39 is 6.10 Å². The van der Waals surface area contributed by atoms with Gasteiger partial charge >= 0.3 is 0 Å². The molecule has 1 amide bonds. The highest BCUT2D eigenvalue weighted by Gasteiger charge is 2.35. The van der Waals surface area contributed by atoms with Gasteiger partial charge in [-0.15, -0.1) is 0 Å². The van der Waals surface area contributed by atoms with Gasteiger partial charge < -0.3 is 14.5 Å². The van der Waals surface area contributed by atoms with E-state index in [1.54, 1.807) is 0 Å². The molecule has 0 N–H and O–H groups in total. The van der Waals surface area contributed by atoms with Gasteiger partial charge in [0.15, 0.2) is 6.10 Å². The molecule has 3 fully saturated rings. The van der Waals surface area contributed by atoms with E-state index in [1.165, 1.54) is 42.5 Å². The molecule has 3 aliphatic rings. The van der Waals surface area contributed by atoms with E-state index in [2.05, 4.69) is 49.1 Å². The molecule has 30 heavy (non-hydrogen) atoms. The number of hydrogen-bond acceptors (Lipinski definition) is 3. The number of nitrogens with zero attached hydrogens (tertiary/aromatic N) is 2. The molecule has 2 aromatic rings. The van der Waals surface area contributed by atoms with E-state index in [0.29, 0.717) is 12.5 Å². The molecule has 4 nitrogen and oxygen atoms in total. The van der Waals surface area contributed by atoms with E-state index in [-0.39, 0.29) is 5.91 Å². The average Bonchev–Trinajstić information content (AvgIpc) is 3.34. The second kappa shape index (κ2) is 7.98. The summed E-state index contributed by atoms with van der Waals surface area (Å²) in [5.41, 5.74) is 5.06. The Bertz CT molecular complexity index is 911. The van der Waals surface area contributed by atoms with Gasteiger partial charge in [-0.05, 0) is 79.0 Å². The van der Waals surface area contributed by atoms with Crippen LogP contribution in [0.25, 0.3) is 0 Å². The van der Waals surface area contributed by atoms with Crippen molar-refractivity contribution in [2.24, 2.45) is 0 Å². The molecule has 1 aliphatic carbocycles. The zero-order valence-corrected chi connectivity index (χ0v) is 18.1. The van der Waals surface area contributed by atoms with Crippen LogP contribution in [0.3, 0.4) is 0 Å². The molecule has 1 unspecified atom stereocenters. The second-order valence-electron chi connectivity index (χ2n) is 9.32. The van der Waals surface area contributed by atoms with Crippen LogP contribution in [0, 0.1) is 0 Å². The average molecular weight is 405 g/mol. The summed E-state index contributed by atoms with van der Waals surface area (Å²) in [6, 6.07) is 14.9. The van der Waals surface area contributed by atoms with Gasteiger partial charge in [0.05, 0.1) is 0 Å². The van der Waals surface area contributed by atoms with Crippen LogP contribution >= 0.6 is 0 Å². The maximum atomic E-state index is 13.1. The summed E-state index contributed by atoms with van der Waals surface area (Å²) in [6.07, 6.45) is 5.47. The Morgan fingerprint density at radius 3 is 2.33 bits per heavy atom. The van der Waals surface area contributed by atoms with E-state index in [4.69, 9.17) is 4.74 Å². The molecule has 1 saturated carbocycles. The molecule has 5 rings (SSSR count). The summed E-state index contributed by atoms with van der Waals surface area (Å²) in [6.45, 7) is 7.46. The lowest BCUT2D eigenvalue weighted by Gasteiger charge is -2.26. The highest BCUT2D eigenvalue weighted by Crippen LogP contribution is 2.40. The molecule has 2 heterocycles. The molecule has 0 radical (unpaired) electrons. The van der Waals surface area contributed by atoms with Crippen LogP contribution in [0.5, 0.6) is 5.75 Å². The minimum absolute atomic E-state index is 0.0740. The Kier molecular flexibility index (Phi) is 5.18. The van der Waals surface area contributed by atoms with Gasteiger partial charge in [-0.2, -0.15) is 0 Å². The number of benzene rings is 2. The van der Waals surface area contributed by atoms with E-state index >= 15 is 0 Å². The molecule has 2 saturated heterocycles. The third kappa shape index (κ3) is 3.80. The monoisotopic (exact) mass is 404 g/mol. The van der Waals surface area contributed by atoms with Crippen molar-refractivity contribution in [2.75, 3.05) is 29.4 Å². The van der Waals surface area contributed by atoms with Crippen LogP contribution in [0.4, 0.5) is 11.4 Å². The summed E-state index contributed by atoms with van der Waals surface area (Å²) in [5, 5.41) is 0. The number of anilines is 2. The first-order valence-corrected chi connectivity index (χ1v) is 11.6. The molecule has 158 valence electrons. The van der Waals surface area contributed by atoms with Crippen molar-refractivity contribution in [3.05, 3.63) is 53.6 Å². The number of amides is 1. The zero-order valence-electron chi connectivity index (χ0n) is 18.1. The molecule has 0 spiro atoms. The number of ether oxygens (including phenoxy) is 1. The van der Waals surface area contributed by atoms with Crippen LogP contribution in [0.2, 0.25) is 0 Å². The summed E-state index contributed by atoms with van der Waals surface area (Å²) in [5.74, 6) is 2.04. The molecule has 2 aromatic carbocycles. The fourth-order valence-corrected chi connectivity index (χ4v) is 4.84. The minimum Gasteiger partial charge on any atom is -0.481 e. The Balaban J connectivity index is 1.31. The lowest BCUT2D eigenvalue weighted by atomic mass is 9.99. The van der Waals surface area contributed by atoms with Gasteiger partial charge in [0.1, 0.15) is 5.75 Å². The van der Waals surface area contributed by atoms with Crippen molar-refractivity contribution in [3.63, 3.8) is 0 Å². The SMILES string of the molecule is CC(C)c1cc(N2CCC(Oc3ccc(C4CC4)cc3)C2=O)ccc1N1CCCC1. The van der Waals surface area contributed by atoms with Gasteiger partial charge in [0.2, 0.25) is 0 Å². The van der Waals surface area contributed by atoms with E-state index in [1.807, 2.05) is 17.0 Å². The molecular weight excluding hydrogens is 372 g/mol. The van der Waals surface area contributed by atoms with E-state index in [0.717, 1.165) is 36.9 Å². The maximum Gasteiger partial charge on any atom is 0.268 e. The standard InChI is InChI=1S/C26H32N2O2/c1-18(2)23-17-21(9-12-24(23)27-14-3-4-15-27)28-16-13-25(26(28)29)30-22-10-7-20(8-11-22)19-5-6-19/h7-12,17-19,25H,3-6,13-16H2,1-2H3. The number of carbonyl (C=O) groups excluding carboxylic acids is 1. The maximum absolute atomic E-state index is 13.1. The fourth-order valence-electron chi connectivity index (χ4n) is 4.84. The quantitative estimate of drug-likeness (QED) is 0.640. The molecular formula is C26H32N2O2. The predicted molar refractivity (Wildman–Crippen MR) is 122 cm³/mol. The Morgan fingerprint density at radius 2 is 1.67 bits per heavy atom. The van der Waals surface area contributed by atoms with Crippen molar-refractivity contribution in [2.45, 2.75) is 63.9 Å². The summed E-state index contributed by atoms with van der Waals surface area (Å²) < 4.78 is 6.08. The van der Waals surface area contributed by atoms with Crippen molar-refractivity contribution in [1.29, 1.82) is 0 Å². The second-order valence-corrected chi connectivity index (χ2v) is 9.32. The fraction of sp³-hybridized carbons (Fsp3) is 0.500. The molecule has 0 bridgehead atoms. The highest BCUT2D eigenvalue weighted by molar-refractivity contribution is 5.99. The molecule has 0 aromatic heterocycles. The highest BCUT2D eigenvalue weighted by atomic mass is 16.5. The number of carbonyl (C=O) groups is 1. The Morgan fingerprint density at radius 1 is 0.933 bits per heavy atom. The Labute approximate surface area is 179 Å². The number of rotatable bonds is 6. The normalized spacial score (nSPS) is 21.7. The van der Waals surface area contributed by atoms with Crippen LogP contribution in [-0.2, 0) is 4.79 Å². The minimum atomic E-state index is -0.391. The van der Waals surface area contributed by atoms with Gasteiger partial charge in [0.25, 0.3) is 5.91 Å². The first-order valence-electron chi connectivity index (χ1n) is 11.6. The molecule has 1 atom stereocenters. The largest absolute Gasteiger partial charge is 0.481 e. The van der Waals surface area contributed by atoms with Crippen molar-refractivity contribution in [3.8, 4) is 5.75 Å². The van der Waals surface area contributed by atoms with Crippen LogP contribution in [0.1, 0.15) is 68.9 Å². The lowest BCUT2D eigenvalue weighted by Crippen LogP contribution is -2.32. The van der Waals surface area contributed by atoms with Crippen LogP contribution in [-0.4, -0.2) is 31.6 Å². The summed E-state index contributed by atoms with van der Waals surface area (Å²) in [7, 11) is 0. The third-order valence-corrected chi connectivity index (χ3v) is 6.76. The van der Waals surface area contributed by atoms with Crippen molar-refractivity contribution < 1.29 is 9.53 Å². The third-order valence-electron chi connectivity index (χ3n) is 6.76. The topological polar surface area (TPSA) is 32.8 Å². The van der Waals surface area contributed by atoms with Gasteiger partial charge in [-0.1, -0.05) is 26.0 Å². The van der Waals surface area contributed by atoms with E-state index in [9.17, 15) is 4.79 Å².